The van der Waals surface area contributed by atoms with Crippen LogP contribution in [0.25, 0.3) is 0 Å². The van der Waals surface area contributed by atoms with Gasteiger partial charge in [0.15, 0.2) is 6.61 Å². The molecule has 11 heteroatoms. The van der Waals surface area contributed by atoms with E-state index in [0.717, 1.165) is 12.1 Å². The third-order valence-electron chi connectivity index (χ3n) is 3.53. The Hall–Kier alpha value is -2.98. The summed E-state index contributed by atoms with van der Waals surface area (Å²) in [5, 5.41) is 2.39. The van der Waals surface area contributed by atoms with E-state index < -0.39 is 42.4 Å². The maximum atomic E-state index is 12.5. The van der Waals surface area contributed by atoms with Crippen LogP contribution in [0.4, 0.5) is 26.3 Å². The van der Waals surface area contributed by atoms with Crippen molar-refractivity contribution in [2.45, 2.75) is 32.4 Å². The van der Waals surface area contributed by atoms with Gasteiger partial charge >= 0.3 is 12.5 Å². The molecule has 0 spiro atoms. The van der Waals surface area contributed by atoms with E-state index in [1.807, 2.05) is 0 Å². The standard InChI is InChI=1S/C18H16F6N2O3/c1-10-7-8-14(28-9-17(19,20)21)15(25-10)11(2)26-16(27)12-5-3-4-6-13(12)29-18(22,23)24/h3-8,11H,9H2,1-2H3,(H,26,27)/t11-/m1/s1. The molecule has 1 N–H and O–H groups in total. The average Bonchev–Trinajstić information content (AvgIpc) is 2.58. The number of benzene rings is 1. The number of para-hydroxylation sites is 1. The molecule has 5 nitrogen and oxygen atoms in total. The Kier molecular flexibility index (Phi) is 6.60. The van der Waals surface area contributed by atoms with Crippen LogP contribution >= 0.6 is 0 Å². The van der Waals surface area contributed by atoms with Crippen LogP contribution in [0.1, 0.15) is 34.7 Å². The van der Waals surface area contributed by atoms with Gasteiger partial charge in [0.05, 0.1) is 11.6 Å². The number of ether oxygens (including phenoxy) is 2. The first kappa shape index (κ1) is 22.3. The van der Waals surface area contributed by atoms with Gasteiger partial charge in [-0.15, -0.1) is 13.2 Å². The summed E-state index contributed by atoms with van der Waals surface area (Å²) >= 11 is 0. The number of aryl methyl sites for hydroxylation is 1. The molecule has 158 valence electrons. The van der Waals surface area contributed by atoms with Crippen molar-refractivity contribution in [1.29, 1.82) is 0 Å². The van der Waals surface area contributed by atoms with Crippen molar-refractivity contribution in [1.82, 2.24) is 10.3 Å². The number of hydrogen-bond acceptors (Lipinski definition) is 4. The highest BCUT2D eigenvalue weighted by molar-refractivity contribution is 5.97. The molecule has 29 heavy (non-hydrogen) atoms. The van der Waals surface area contributed by atoms with Gasteiger partial charge in [0.2, 0.25) is 0 Å². The molecule has 1 heterocycles. The Morgan fingerprint density at radius 2 is 1.72 bits per heavy atom. The Morgan fingerprint density at radius 1 is 1.07 bits per heavy atom. The number of hydrogen-bond donors (Lipinski definition) is 1. The molecule has 0 fully saturated rings. The van der Waals surface area contributed by atoms with Crippen LogP contribution in [0.15, 0.2) is 36.4 Å². The Labute approximate surface area is 161 Å². The minimum Gasteiger partial charge on any atom is -0.482 e. The summed E-state index contributed by atoms with van der Waals surface area (Å²) in [6.45, 7) is 1.43. The SMILES string of the molecule is Cc1ccc(OCC(F)(F)F)c([C@@H](C)NC(=O)c2ccccc2OC(F)(F)F)n1. The van der Waals surface area contributed by atoms with E-state index in [9.17, 15) is 31.1 Å². The molecule has 0 aliphatic heterocycles. The number of alkyl halides is 6. The van der Waals surface area contributed by atoms with Gasteiger partial charge in [-0.05, 0) is 38.1 Å². The van der Waals surface area contributed by atoms with Crippen molar-refractivity contribution in [3.8, 4) is 11.5 Å². The molecule has 2 rings (SSSR count). The molecule has 1 atom stereocenters. The first-order valence-corrected chi connectivity index (χ1v) is 8.18. The van der Waals surface area contributed by atoms with Crippen molar-refractivity contribution in [3.63, 3.8) is 0 Å². The smallest absolute Gasteiger partial charge is 0.482 e. The van der Waals surface area contributed by atoms with E-state index in [-0.39, 0.29) is 11.4 Å². The van der Waals surface area contributed by atoms with Crippen molar-refractivity contribution in [2.75, 3.05) is 6.61 Å². The molecule has 1 amide bonds. The number of nitrogens with one attached hydrogen (secondary N) is 1. The van der Waals surface area contributed by atoms with Crippen LogP contribution < -0.4 is 14.8 Å². The predicted molar refractivity (Wildman–Crippen MR) is 89.5 cm³/mol. The minimum atomic E-state index is -5.00. The van der Waals surface area contributed by atoms with Gasteiger partial charge < -0.3 is 14.8 Å². The Balaban J connectivity index is 2.23. The van der Waals surface area contributed by atoms with E-state index in [0.29, 0.717) is 5.69 Å². The van der Waals surface area contributed by atoms with Gasteiger partial charge in [0, 0.05) is 5.69 Å². The molecular weight excluding hydrogens is 406 g/mol. The number of rotatable bonds is 6. The molecule has 0 radical (unpaired) electrons. The largest absolute Gasteiger partial charge is 0.573 e. The number of carbonyl (C=O) groups excluding carboxylic acids is 1. The summed E-state index contributed by atoms with van der Waals surface area (Å²) in [6.07, 6.45) is -9.58. The van der Waals surface area contributed by atoms with E-state index in [2.05, 4.69) is 15.0 Å². The molecule has 2 aromatic rings. The fraction of sp³-hybridized carbons (Fsp3) is 0.333. The third kappa shape index (κ3) is 6.84. The molecule has 0 saturated carbocycles. The lowest BCUT2D eigenvalue weighted by Crippen LogP contribution is -2.29. The number of aromatic nitrogens is 1. The van der Waals surface area contributed by atoms with Crippen LogP contribution in [0, 0.1) is 6.92 Å². The summed E-state index contributed by atoms with van der Waals surface area (Å²) in [4.78, 5) is 16.5. The van der Waals surface area contributed by atoms with Gasteiger partial charge in [0.25, 0.3) is 5.91 Å². The number of nitrogens with zero attached hydrogens (tertiary/aromatic N) is 1. The summed E-state index contributed by atoms with van der Waals surface area (Å²) in [5.41, 5.74) is 0.0418. The zero-order valence-corrected chi connectivity index (χ0v) is 15.2. The molecule has 0 saturated heterocycles. The van der Waals surface area contributed by atoms with Crippen LogP contribution in [0.5, 0.6) is 11.5 Å². The second kappa shape index (κ2) is 8.58. The number of amides is 1. The Bertz CT molecular complexity index is 867. The van der Waals surface area contributed by atoms with Crippen molar-refractivity contribution in [3.05, 3.63) is 53.3 Å². The maximum absolute atomic E-state index is 12.5. The number of carbonyl (C=O) groups is 1. The molecule has 0 aliphatic carbocycles. The zero-order valence-electron chi connectivity index (χ0n) is 15.2. The highest BCUT2D eigenvalue weighted by Gasteiger charge is 2.33. The number of halogens is 6. The summed E-state index contributed by atoms with van der Waals surface area (Å²) in [5.74, 6) is -1.85. The first-order chi connectivity index (χ1) is 13.4. The summed E-state index contributed by atoms with van der Waals surface area (Å²) in [7, 11) is 0. The highest BCUT2D eigenvalue weighted by Crippen LogP contribution is 2.29. The highest BCUT2D eigenvalue weighted by atomic mass is 19.4. The van der Waals surface area contributed by atoms with Crippen LogP contribution in [-0.4, -0.2) is 30.0 Å². The number of pyridine rings is 1. The van der Waals surface area contributed by atoms with Crippen LogP contribution in [0.3, 0.4) is 0 Å². The Morgan fingerprint density at radius 3 is 2.34 bits per heavy atom. The fourth-order valence-corrected chi connectivity index (χ4v) is 2.37. The van der Waals surface area contributed by atoms with E-state index in [1.54, 1.807) is 6.92 Å². The normalized spacial score (nSPS) is 13.0. The molecule has 1 aromatic carbocycles. The van der Waals surface area contributed by atoms with E-state index in [4.69, 9.17) is 4.74 Å². The van der Waals surface area contributed by atoms with E-state index in [1.165, 1.54) is 31.2 Å². The molecular formula is C18H16F6N2O3. The molecule has 0 unspecified atom stereocenters. The van der Waals surface area contributed by atoms with Crippen LogP contribution in [-0.2, 0) is 0 Å². The fourth-order valence-electron chi connectivity index (χ4n) is 2.37. The first-order valence-electron chi connectivity index (χ1n) is 8.18. The molecule has 0 aliphatic rings. The lowest BCUT2D eigenvalue weighted by Gasteiger charge is -2.19. The van der Waals surface area contributed by atoms with E-state index >= 15 is 0 Å². The zero-order chi connectivity index (χ0) is 21.8. The lowest BCUT2D eigenvalue weighted by molar-refractivity contribution is -0.274. The van der Waals surface area contributed by atoms with Crippen molar-refractivity contribution < 1.29 is 40.6 Å². The lowest BCUT2D eigenvalue weighted by atomic mass is 10.1. The predicted octanol–water partition coefficient (Wildman–Crippen LogP) is 4.72. The second-order valence-electron chi connectivity index (χ2n) is 5.98. The molecule has 1 aromatic heterocycles. The quantitative estimate of drug-likeness (QED) is 0.685. The van der Waals surface area contributed by atoms with Crippen LogP contribution in [0.2, 0.25) is 0 Å². The topological polar surface area (TPSA) is 60.5 Å². The minimum absolute atomic E-state index is 0.00294. The summed E-state index contributed by atoms with van der Waals surface area (Å²) in [6, 6.07) is 6.41. The van der Waals surface area contributed by atoms with Gasteiger partial charge in [-0.25, -0.2) is 0 Å². The molecule has 0 bridgehead atoms. The van der Waals surface area contributed by atoms with Gasteiger partial charge in [0.1, 0.15) is 17.2 Å². The van der Waals surface area contributed by atoms with Gasteiger partial charge in [-0.2, -0.15) is 13.2 Å². The summed E-state index contributed by atoms with van der Waals surface area (Å²) < 4.78 is 83.5. The monoisotopic (exact) mass is 422 g/mol. The van der Waals surface area contributed by atoms with Gasteiger partial charge in [-0.3, -0.25) is 9.78 Å². The second-order valence-corrected chi connectivity index (χ2v) is 5.98. The maximum Gasteiger partial charge on any atom is 0.573 e. The van der Waals surface area contributed by atoms with Gasteiger partial charge in [-0.1, -0.05) is 12.1 Å². The third-order valence-corrected chi connectivity index (χ3v) is 3.53. The van der Waals surface area contributed by atoms with Crippen molar-refractivity contribution in [2.24, 2.45) is 0 Å². The average molecular weight is 422 g/mol. The van der Waals surface area contributed by atoms with Crippen molar-refractivity contribution >= 4 is 5.91 Å².